The Morgan fingerprint density at radius 1 is 1.09 bits per heavy atom. The quantitative estimate of drug-likeness (QED) is 0.795. The maximum atomic E-state index is 12.8. The van der Waals surface area contributed by atoms with E-state index < -0.39 is 5.60 Å². The summed E-state index contributed by atoms with van der Waals surface area (Å²) in [5, 5.41) is 15.7. The zero-order valence-corrected chi connectivity index (χ0v) is 12.3. The van der Waals surface area contributed by atoms with Crippen molar-refractivity contribution in [3.05, 3.63) is 71.5 Å². The van der Waals surface area contributed by atoms with Crippen molar-refractivity contribution in [1.29, 1.82) is 0 Å². The molecule has 1 atom stereocenters. The summed E-state index contributed by atoms with van der Waals surface area (Å²) >= 11 is 0. The number of aliphatic hydroxyl groups is 1. The van der Waals surface area contributed by atoms with Crippen LogP contribution in [0.5, 0.6) is 0 Å². The van der Waals surface area contributed by atoms with E-state index in [1.54, 1.807) is 31.2 Å². The fourth-order valence-electron chi connectivity index (χ4n) is 2.00. The van der Waals surface area contributed by atoms with Crippen LogP contribution in [-0.4, -0.2) is 17.7 Å². The molecule has 2 amide bonds. The second kappa shape index (κ2) is 7.04. The summed E-state index contributed by atoms with van der Waals surface area (Å²) < 4.78 is 12.8. The van der Waals surface area contributed by atoms with E-state index >= 15 is 0 Å². The Morgan fingerprint density at radius 2 is 1.73 bits per heavy atom. The minimum atomic E-state index is -1.14. The van der Waals surface area contributed by atoms with Gasteiger partial charge in [-0.25, -0.2) is 9.18 Å². The highest BCUT2D eigenvalue weighted by molar-refractivity contribution is 5.73. The van der Waals surface area contributed by atoms with Gasteiger partial charge in [0.2, 0.25) is 0 Å². The van der Waals surface area contributed by atoms with Crippen molar-refractivity contribution in [2.24, 2.45) is 0 Å². The second-order valence-corrected chi connectivity index (χ2v) is 5.30. The van der Waals surface area contributed by atoms with Crippen LogP contribution in [0, 0.1) is 5.82 Å². The molecule has 0 saturated heterocycles. The summed E-state index contributed by atoms with van der Waals surface area (Å²) in [5.41, 5.74) is 0.384. The van der Waals surface area contributed by atoms with Crippen molar-refractivity contribution in [1.82, 2.24) is 10.6 Å². The highest BCUT2D eigenvalue weighted by atomic mass is 19.1. The Labute approximate surface area is 129 Å². The van der Waals surface area contributed by atoms with Crippen molar-refractivity contribution in [2.45, 2.75) is 19.1 Å². The lowest BCUT2D eigenvalue weighted by atomic mass is 9.96. The molecule has 0 aliphatic rings. The minimum Gasteiger partial charge on any atom is -0.384 e. The molecule has 0 aromatic heterocycles. The van der Waals surface area contributed by atoms with Crippen LogP contribution >= 0.6 is 0 Å². The smallest absolute Gasteiger partial charge is 0.315 e. The van der Waals surface area contributed by atoms with Crippen LogP contribution in [0.4, 0.5) is 9.18 Å². The predicted molar refractivity (Wildman–Crippen MR) is 82.7 cm³/mol. The van der Waals surface area contributed by atoms with Gasteiger partial charge >= 0.3 is 6.03 Å². The van der Waals surface area contributed by atoms with Crippen LogP contribution in [0.25, 0.3) is 0 Å². The molecule has 2 aromatic carbocycles. The fourth-order valence-corrected chi connectivity index (χ4v) is 2.00. The maximum absolute atomic E-state index is 12.8. The van der Waals surface area contributed by atoms with Crippen LogP contribution in [0.3, 0.4) is 0 Å². The first kappa shape index (κ1) is 16.0. The van der Waals surface area contributed by atoms with Crippen LogP contribution in [0.15, 0.2) is 54.6 Å². The van der Waals surface area contributed by atoms with E-state index in [0.717, 1.165) is 11.1 Å². The number of urea groups is 1. The molecule has 2 rings (SSSR count). The van der Waals surface area contributed by atoms with Gasteiger partial charge in [0.25, 0.3) is 0 Å². The molecule has 5 heteroatoms. The zero-order chi connectivity index (χ0) is 16.0. The Hall–Kier alpha value is -2.40. The van der Waals surface area contributed by atoms with Gasteiger partial charge in [-0.05, 0) is 30.2 Å². The molecule has 2 aromatic rings. The van der Waals surface area contributed by atoms with Gasteiger partial charge in [0, 0.05) is 6.54 Å². The number of halogens is 1. The molecular formula is C17H19FN2O2. The Balaban J connectivity index is 1.81. The first-order chi connectivity index (χ1) is 10.5. The van der Waals surface area contributed by atoms with Crippen molar-refractivity contribution >= 4 is 6.03 Å². The lowest BCUT2D eigenvalue weighted by Gasteiger charge is -2.24. The van der Waals surface area contributed by atoms with Crippen molar-refractivity contribution in [3.63, 3.8) is 0 Å². The van der Waals surface area contributed by atoms with Crippen molar-refractivity contribution < 1.29 is 14.3 Å². The highest BCUT2D eigenvalue weighted by Gasteiger charge is 2.23. The first-order valence-electron chi connectivity index (χ1n) is 7.01. The van der Waals surface area contributed by atoms with Crippen LogP contribution in [0.1, 0.15) is 18.1 Å². The minimum absolute atomic E-state index is 0.0895. The zero-order valence-electron chi connectivity index (χ0n) is 12.3. The van der Waals surface area contributed by atoms with Crippen LogP contribution < -0.4 is 10.6 Å². The molecule has 0 radical (unpaired) electrons. The maximum Gasteiger partial charge on any atom is 0.315 e. The van der Waals surface area contributed by atoms with E-state index in [0.29, 0.717) is 6.54 Å². The number of hydrogen-bond acceptors (Lipinski definition) is 2. The number of carbonyl (C=O) groups excluding carboxylic acids is 1. The number of rotatable bonds is 5. The third-order valence-corrected chi connectivity index (χ3v) is 3.36. The summed E-state index contributed by atoms with van der Waals surface area (Å²) in [4.78, 5) is 11.8. The number of hydrogen-bond donors (Lipinski definition) is 3. The summed E-state index contributed by atoms with van der Waals surface area (Å²) in [5.74, 6) is -0.313. The van der Waals surface area contributed by atoms with Gasteiger partial charge in [0.15, 0.2) is 0 Å². The molecule has 4 nitrogen and oxygen atoms in total. The summed E-state index contributed by atoms with van der Waals surface area (Å²) in [6.45, 7) is 2.02. The van der Waals surface area contributed by atoms with E-state index in [9.17, 15) is 14.3 Å². The van der Waals surface area contributed by atoms with E-state index in [1.165, 1.54) is 12.1 Å². The molecule has 0 spiro atoms. The molecule has 0 fully saturated rings. The number of nitrogens with one attached hydrogen (secondary N) is 2. The molecular weight excluding hydrogens is 283 g/mol. The summed E-state index contributed by atoms with van der Waals surface area (Å²) in [7, 11) is 0. The molecule has 1 unspecified atom stereocenters. The summed E-state index contributed by atoms with van der Waals surface area (Å²) in [6, 6.07) is 14.6. The SMILES string of the molecule is CC(O)(CNC(=O)NCc1ccc(F)cc1)c1ccccc1. The topological polar surface area (TPSA) is 61.4 Å². The third kappa shape index (κ3) is 4.56. The third-order valence-electron chi connectivity index (χ3n) is 3.36. The fraction of sp³-hybridized carbons (Fsp3) is 0.235. The largest absolute Gasteiger partial charge is 0.384 e. The molecule has 0 saturated carbocycles. The lowest BCUT2D eigenvalue weighted by Crippen LogP contribution is -2.43. The standard InChI is InChI=1S/C17H19FN2O2/c1-17(22,14-5-3-2-4-6-14)12-20-16(21)19-11-13-7-9-15(18)10-8-13/h2-10,22H,11-12H2,1H3,(H2,19,20,21). The average Bonchev–Trinajstić information content (AvgIpc) is 2.53. The van der Waals surface area contributed by atoms with E-state index in [4.69, 9.17) is 0 Å². The van der Waals surface area contributed by atoms with Gasteiger partial charge in [0.1, 0.15) is 11.4 Å². The highest BCUT2D eigenvalue weighted by Crippen LogP contribution is 2.18. The van der Waals surface area contributed by atoms with Gasteiger partial charge in [-0.15, -0.1) is 0 Å². The average molecular weight is 302 g/mol. The van der Waals surface area contributed by atoms with Gasteiger partial charge in [0.05, 0.1) is 6.54 Å². The van der Waals surface area contributed by atoms with Crippen LogP contribution in [-0.2, 0) is 12.1 Å². The Bertz CT molecular complexity index is 612. The second-order valence-electron chi connectivity index (χ2n) is 5.30. The van der Waals surface area contributed by atoms with E-state index in [-0.39, 0.29) is 18.4 Å². The van der Waals surface area contributed by atoms with Crippen molar-refractivity contribution in [3.8, 4) is 0 Å². The Morgan fingerprint density at radius 3 is 2.36 bits per heavy atom. The monoisotopic (exact) mass is 302 g/mol. The lowest BCUT2D eigenvalue weighted by molar-refractivity contribution is 0.0594. The van der Waals surface area contributed by atoms with E-state index in [1.807, 2.05) is 18.2 Å². The van der Waals surface area contributed by atoms with Gasteiger partial charge < -0.3 is 15.7 Å². The molecule has 0 aliphatic heterocycles. The van der Waals surface area contributed by atoms with Gasteiger partial charge in [-0.1, -0.05) is 42.5 Å². The number of benzene rings is 2. The Kier molecular flexibility index (Phi) is 5.12. The molecule has 116 valence electrons. The van der Waals surface area contributed by atoms with Gasteiger partial charge in [-0.3, -0.25) is 0 Å². The number of carbonyl (C=O) groups is 1. The number of amides is 2. The predicted octanol–water partition coefficient (Wildman–Crippen LogP) is 2.53. The van der Waals surface area contributed by atoms with Crippen LogP contribution in [0.2, 0.25) is 0 Å². The molecule has 22 heavy (non-hydrogen) atoms. The summed E-state index contributed by atoms with van der Waals surface area (Å²) in [6.07, 6.45) is 0. The molecule has 0 aliphatic carbocycles. The van der Waals surface area contributed by atoms with Gasteiger partial charge in [-0.2, -0.15) is 0 Å². The normalized spacial score (nSPS) is 13.2. The molecule has 0 heterocycles. The van der Waals surface area contributed by atoms with Crippen molar-refractivity contribution in [2.75, 3.05) is 6.54 Å². The first-order valence-corrected chi connectivity index (χ1v) is 7.01. The molecule has 0 bridgehead atoms. The molecule has 3 N–H and O–H groups in total. The van der Waals surface area contributed by atoms with E-state index in [2.05, 4.69) is 10.6 Å².